The molecule has 0 saturated heterocycles. The van der Waals surface area contributed by atoms with E-state index in [0.29, 0.717) is 0 Å². The fourth-order valence-electron chi connectivity index (χ4n) is 5.97. The summed E-state index contributed by atoms with van der Waals surface area (Å²) in [6.45, 7) is 4.47. The topological polar surface area (TPSA) is 35.6 Å². The third kappa shape index (κ3) is 4.67. The van der Waals surface area contributed by atoms with Gasteiger partial charge in [-0.1, -0.05) is 74.5 Å². The van der Waals surface area contributed by atoms with E-state index >= 15 is 0 Å². The molecule has 8 rings (SSSR count). The number of para-hydroxylation sites is 2. The van der Waals surface area contributed by atoms with E-state index in [-0.39, 0.29) is 26.5 Å². The number of hydrogen-bond donors (Lipinski definition) is 0. The Bertz CT molecular complexity index is 1960. The Hall–Kier alpha value is -4.79. The van der Waals surface area contributed by atoms with E-state index in [9.17, 15) is 0 Å². The molecule has 8 bridgehead atoms. The maximum atomic E-state index is 5.28. The standard InChI is InChI=1S/C39H28N4.Pt/c1-39(2)29-15-11-13-27(23-29)37-40-35(25-42(37)31-17-5-3-6-18-31)33-21-9-10-22-34(33)36-26-43(32-19-7-4-8-20-32)38(41-36)28-14-12-16-30(39)24-28;/h3-22,25-26H,1-2H3;/q-2;+2. The van der Waals surface area contributed by atoms with E-state index in [1.54, 1.807) is 0 Å². The molecule has 0 fully saturated rings. The van der Waals surface area contributed by atoms with Crippen LogP contribution in [-0.2, 0) is 26.5 Å². The summed E-state index contributed by atoms with van der Waals surface area (Å²) in [4.78, 5) is 10.6. The number of rotatable bonds is 2. The zero-order valence-electron chi connectivity index (χ0n) is 24.3. The van der Waals surface area contributed by atoms with Gasteiger partial charge in [0.2, 0.25) is 0 Å². The van der Waals surface area contributed by atoms with E-state index in [4.69, 9.17) is 9.97 Å². The summed E-state index contributed by atoms with van der Waals surface area (Å²) in [5, 5.41) is 0. The van der Waals surface area contributed by atoms with Crippen LogP contribution >= 0.6 is 0 Å². The van der Waals surface area contributed by atoms with Crippen LogP contribution in [0.5, 0.6) is 0 Å². The van der Waals surface area contributed by atoms with Crippen LogP contribution in [0, 0.1) is 12.1 Å². The Morgan fingerprint density at radius 3 is 1.34 bits per heavy atom. The summed E-state index contributed by atoms with van der Waals surface area (Å²) in [5.74, 6) is 1.69. The molecule has 5 heteroatoms. The first-order valence-electron chi connectivity index (χ1n) is 14.5. The van der Waals surface area contributed by atoms with Crippen LogP contribution in [0.25, 0.3) is 56.7 Å². The Kier molecular flexibility index (Phi) is 7.03. The van der Waals surface area contributed by atoms with Crippen LogP contribution in [-0.4, -0.2) is 19.1 Å². The molecule has 0 spiro atoms. The van der Waals surface area contributed by atoms with Gasteiger partial charge in [-0.25, -0.2) is 0 Å². The number of fused-ring (bicyclic) bond motifs is 13. The molecular formula is C39H28N4Pt. The molecule has 1 aliphatic rings. The summed E-state index contributed by atoms with van der Waals surface area (Å²) < 4.78 is 4.34. The van der Waals surface area contributed by atoms with Gasteiger partial charge in [-0.05, 0) is 29.7 Å². The van der Waals surface area contributed by atoms with Crippen LogP contribution in [0.4, 0.5) is 0 Å². The summed E-state index contributed by atoms with van der Waals surface area (Å²) >= 11 is 0. The molecule has 0 unspecified atom stereocenters. The molecule has 0 atom stereocenters. The minimum atomic E-state index is -0.366. The van der Waals surface area contributed by atoms with Crippen molar-refractivity contribution >= 4 is 0 Å². The van der Waals surface area contributed by atoms with Gasteiger partial charge in [0.15, 0.2) is 0 Å². The second-order valence-corrected chi connectivity index (χ2v) is 11.4. The quantitative estimate of drug-likeness (QED) is 0.166. The molecule has 0 N–H and O–H groups in total. The van der Waals surface area contributed by atoms with Gasteiger partial charge >= 0.3 is 21.1 Å². The van der Waals surface area contributed by atoms with E-state index in [0.717, 1.165) is 67.8 Å². The molecule has 1 aliphatic heterocycles. The second kappa shape index (κ2) is 11.0. The maximum absolute atomic E-state index is 5.28. The van der Waals surface area contributed by atoms with E-state index in [1.807, 2.05) is 12.1 Å². The first kappa shape index (κ1) is 28.0. The van der Waals surface area contributed by atoms with Crippen molar-refractivity contribution < 1.29 is 21.1 Å². The van der Waals surface area contributed by atoms with Gasteiger partial charge in [-0.3, -0.25) is 9.97 Å². The zero-order valence-corrected chi connectivity index (χ0v) is 26.6. The van der Waals surface area contributed by atoms with Crippen molar-refractivity contribution in [2.24, 2.45) is 0 Å². The molecule has 44 heavy (non-hydrogen) atoms. The van der Waals surface area contributed by atoms with Gasteiger partial charge < -0.3 is 9.13 Å². The minimum Gasteiger partial charge on any atom is -0.339 e. The van der Waals surface area contributed by atoms with Crippen molar-refractivity contribution in [3.05, 3.63) is 157 Å². The summed E-state index contributed by atoms with van der Waals surface area (Å²) in [6.07, 6.45) is 4.26. The maximum Gasteiger partial charge on any atom is 2.00 e. The van der Waals surface area contributed by atoms with Gasteiger partial charge in [0.25, 0.3) is 0 Å². The molecule has 0 saturated carbocycles. The summed E-state index contributed by atoms with van der Waals surface area (Å²) in [7, 11) is 0. The zero-order chi connectivity index (χ0) is 29.0. The molecule has 2 aromatic heterocycles. The van der Waals surface area contributed by atoms with Gasteiger partial charge in [-0.15, -0.1) is 70.8 Å². The fraction of sp³-hybridized carbons (Fsp3) is 0.0769. The smallest absolute Gasteiger partial charge is 0.339 e. The van der Waals surface area contributed by atoms with Crippen LogP contribution in [0.1, 0.15) is 25.0 Å². The first-order valence-corrected chi connectivity index (χ1v) is 14.5. The van der Waals surface area contributed by atoms with E-state index < -0.39 is 0 Å². The number of nitrogens with zero attached hydrogens (tertiary/aromatic N) is 4. The predicted molar refractivity (Wildman–Crippen MR) is 172 cm³/mol. The summed E-state index contributed by atoms with van der Waals surface area (Å²) in [6, 6.07) is 49.4. The van der Waals surface area contributed by atoms with Crippen molar-refractivity contribution in [3.63, 3.8) is 0 Å². The molecule has 214 valence electrons. The first-order chi connectivity index (χ1) is 21.1. The molecule has 5 aromatic carbocycles. The van der Waals surface area contributed by atoms with Crippen molar-refractivity contribution in [2.45, 2.75) is 19.3 Å². The van der Waals surface area contributed by atoms with E-state index in [1.165, 1.54) is 0 Å². The average Bonchev–Trinajstić information content (AvgIpc) is 3.72. The molecule has 3 heterocycles. The molecule has 0 radical (unpaired) electrons. The Morgan fingerprint density at radius 1 is 0.500 bits per heavy atom. The summed E-state index contributed by atoms with van der Waals surface area (Å²) in [5.41, 5.74) is 9.56. The van der Waals surface area contributed by atoms with Gasteiger partial charge in [0.05, 0.1) is 23.0 Å². The second-order valence-electron chi connectivity index (χ2n) is 11.4. The monoisotopic (exact) mass is 747 g/mol. The average molecular weight is 748 g/mol. The molecule has 0 amide bonds. The fourth-order valence-corrected chi connectivity index (χ4v) is 5.97. The van der Waals surface area contributed by atoms with E-state index in [2.05, 4.69) is 157 Å². The van der Waals surface area contributed by atoms with Gasteiger partial charge in [0, 0.05) is 34.9 Å². The predicted octanol–water partition coefficient (Wildman–Crippen LogP) is 8.96. The Morgan fingerprint density at radius 2 is 0.909 bits per heavy atom. The van der Waals surface area contributed by atoms with Crippen LogP contribution in [0.3, 0.4) is 0 Å². The SMILES string of the molecule is CC1(C)c2[c-]c(ccc2)-c2nc(cn2-c2ccccc2)-c2ccccc2-c2cn(-c3ccccc3)c(n2)-c2[c-]c1ccc2.[Pt+2]. The minimum absolute atomic E-state index is 0. The van der Waals surface area contributed by atoms with Crippen molar-refractivity contribution in [1.29, 1.82) is 0 Å². The third-order valence-electron chi connectivity index (χ3n) is 8.38. The van der Waals surface area contributed by atoms with Crippen molar-refractivity contribution in [3.8, 4) is 56.7 Å². The molecule has 4 nitrogen and oxygen atoms in total. The molecular weight excluding hydrogens is 720 g/mol. The van der Waals surface area contributed by atoms with Crippen LogP contribution in [0.2, 0.25) is 0 Å². The van der Waals surface area contributed by atoms with Crippen LogP contribution in [0.15, 0.2) is 134 Å². The Balaban J connectivity index is 0.00000312. The number of benzene rings is 5. The number of hydrogen-bond acceptors (Lipinski definition) is 2. The number of aromatic nitrogens is 4. The Labute approximate surface area is 272 Å². The number of imidazole rings is 2. The van der Waals surface area contributed by atoms with Gasteiger partial charge in [-0.2, -0.15) is 0 Å². The van der Waals surface area contributed by atoms with Gasteiger partial charge in [0.1, 0.15) is 0 Å². The molecule has 0 aliphatic carbocycles. The normalized spacial score (nSPS) is 12.8. The largest absolute Gasteiger partial charge is 2.00 e. The van der Waals surface area contributed by atoms with Crippen LogP contribution < -0.4 is 0 Å². The third-order valence-corrected chi connectivity index (χ3v) is 8.38. The van der Waals surface area contributed by atoms with Crippen molar-refractivity contribution in [2.75, 3.05) is 0 Å². The van der Waals surface area contributed by atoms with Crippen molar-refractivity contribution in [1.82, 2.24) is 19.1 Å². The molecule has 7 aromatic rings.